The van der Waals surface area contributed by atoms with Crippen LogP contribution in [0.25, 0.3) is 0 Å². The van der Waals surface area contributed by atoms with E-state index in [0.717, 1.165) is 31.2 Å². The molecule has 1 aliphatic rings. The van der Waals surface area contributed by atoms with E-state index in [2.05, 4.69) is 44.3 Å². The molecule has 0 amide bonds. The Kier molecular flexibility index (Phi) is 5.90. The first-order valence-corrected chi connectivity index (χ1v) is 8.29. The number of benzene rings is 1. The molecule has 0 aliphatic carbocycles. The van der Waals surface area contributed by atoms with Gasteiger partial charge in [-0.2, -0.15) is 0 Å². The molecule has 2 heteroatoms. The van der Waals surface area contributed by atoms with Crippen molar-refractivity contribution < 1.29 is 4.74 Å². The molecule has 1 atom stereocenters. The van der Waals surface area contributed by atoms with Crippen molar-refractivity contribution in [2.45, 2.75) is 58.9 Å². The van der Waals surface area contributed by atoms with Crippen molar-refractivity contribution in [3.63, 3.8) is 0 Å². The summed E-state index contributed by atoms with van der Waals surface area (Å²) in [7, 11) is 0. The van der Waals surface area contributed by atoms with E-state index < -0.39 is 0 Å². The van der Waals surface area contributed by atoms with Gasteiger partial charge in [-0.15, -0.1) is 0 Å². The maximum Gasteiger partial charge on any atom is 0.122 e. The summed E-state index contributed by atoms with van der Waals surface area (Å²) >= 11 is 0. The summed E-state index contributed by atoms with van der Waals surface area (Å²) in [5.41, 5.74) is 2.83. The highest BCUT2D eigenvalue weighted by Crippen LogP contribution is 2.34. The Labute approximate surface area is 123 Å². The standard InChI is InChI=1S/C18H29NO/c1-4-7-14(8-5-2)18(19-6-3)16-9-10-17-15(13-16)11-12-20-17/h9-10,13-14,18-19H,4-8,11-12H2,1-3H3. The normalized spacial score (nSPS) is 15.2. The molecule has 0 saturated carbocycles. The van der Waals surface area contributed by atoms with E-state index in [0.29, 0.717) is 6.04 Å². The zero-order valence-electron chi connectivity index (χ0n) is 13.2. The van der Waals surface area contributed by atoms with Gasteiger partial charge in [-0.05, 0) is 42.5 Å². The van der Waals surface area contributed by atoms with Crippen LogP contribution in [0.3, 0.4) is 0 Å². The predicted octanol–water partition coefficient (Wildman–Crippen LogP) is 4.49. The third-order valence-electron chi connectivity index (χ3n) is 4.29. The maximum absolute atomic E-state index is 5.63. The second-order valence-electron chi connectivity index (χ2n) is 5.84. The number of ether oxygens (including phenoxy) is 1. The molecule has 0 spiro atoms. The zero-order valence-corrected chi connectivity index (χ0v) is 13.2. The van der Waals surface area contributed by atoms with Gasteiger partial charge in [-0.3, -0.25) is 0 Å². The SMILES string of the molecule is CCCC(CCC)C(NCC)c1ccc2c(c1)CCO2. The topological polar surface area (TPSA) is 21.3 Å². The van der Waals surface area contributed by atoms with E-state index in [1.54, 1.807) is 0 Å². The monoisotopic (exact) mass is 275 g/mol. The minimum absolute atomic E-state index is 0.491. The molecule has 1 heterocycles. The van der Waals surface area contributed by atoms with Gasteiger partial charge in [-0.25, -0.2) is 0 Å². The van der Waals surface area contributed by atoms with Gasteiger partial charge in [0.2, 0.25) is 0 Å². The van der Waals surface area contributed by atoms with Crippen LogP contribution in [0.1, 0.15) is 63.6 Å². The molecular formula is C18H29NO. The molecule has 1 aromatic carbocycles. The average molecular weight is 275 g/mol. The molecule has 1 N–H and O–H groups in total. The number of rotatable bonds is 8. The molecule has 0 radical (unpaired) electrons. The maximum atomic E-state index is 5.63. The van der Waals surface area contributed by atoms with Crippen LogP contribution in [0.4, 0.5) is 0 Å². The molecule has 0 aromatic heterocycles. The van der Waals surface area contributed by atoms with Gasteiger partial charge in [0, 0.05) is 12.5 Å². The van der Waals surface area contributed by atoms with Crippen LogP contribution in [-0.2, 0) is 6.42 Å². The highest BCUT2D eigenvalue weighted by molar-refractivity contribution is 5.41. The Balaban J connectivity index is 2.21. The van der Waals surface area contributed by atoms with E-state index >= 15 is 0 Å². The van der Waals surface area contributed by atoms with Crippen molar-refractivity contribution in [3.05, 3.63) is 29.3 Å². The molecular weight excluding hydrogens is 246 g/mol. The molecule has 112 valence electrons. The average Bonchev–Trinajstić information content (AvgIpc) is 2.92. The number of hydrogen-bond acceptors (Lipinski definition) is 2. The van der Waals surface area contributed by atoms with Crippen LogP contribution < -0.4 is 10.1 Å². The third-order valence-corrected chi connectivity index (χ3v) is 4.29. The number of fused-ring (bicyclic) bond motifs is 1. The molecule has 1 unspecified atom stereocenters. The van der Waals surface area contributed by atoms with Crippen LogP contribution in [0, 0.1) is 5.92 Å². The largest absolute Gasteiger partial charge is 0.493 e. The molecule has 1 aromatic rings. The minimum atomic E-state index is 0.491. The van der Waals surface area contributed by atoms with Crippen LogP contribution in [0.15, 0.2) is 18.2 Å². The fourth-order valence-electron chi connectivity index (χ4n) is 3.40. The van der Waals surface area contributed by atoms with Gasteiger partial charge in [0.1, 0.15) is 5.75 Å². The van der Waals surface area contributed by atoms with E-state index in [1.165, 1.54) is 36.8 Å². The minimum Gasteiger partial charge on any atom is -0.493 e. The van der Waals surface area contributed by atoms with Crippen LogP contribution >= 0.6 is 0 Å². The first-order chi connectivity index (χ1) is 9.80. The summed E-state index contributed by atoms with van der Waals surface area (Å²) in [4.78, 5) is 0. The van der Waals surface area contributed by atoms with Gasteiger partial charge < -0.3 is 10.1 Å². The first kappa shape index (κ1) is 15.4. The third kappa shape index (κ3) is 3.54. The van der Waals surface area contributed by atoms with Crippen LogP contribution in [-0.4, -0.2) is 13.2 Å². The van der Waals surface area contributed by atoms with E-state index in [4.69, 9.17) is 4.74 Å². The van der Waals surface area contributed by atoms with Crippen LogP contribution in [0.2, 0.25) is 0 Å². The fraction of sp³-hybridized carbons (Fsp3) is 0.667. The van der Waals surface area contributed by atoms with Gasteiger partial charge in [0.15, 0.2) is 0 Å². The van der Waals surface area contributed by atoms with Gasteiger partial charge in [-0.1, -0.05) is 45.7 Å². The fourth-order valence-corrected chi connectivity index (χ4v) is 3.40. The lowest BCUT2D eigenvalue weighted by Gasteiger charge is -2.28. The van der Waals surface area contributed by atoms with Crippen molar-refractivity contribution in [3.8, 4) is 5.75 Å². The molecule has 0 fully saturated rings. The predicted molar refractivity (Wildman–Crippen MR) is 85.4 cm³/mol. The lowest BCUT2D eigenvalue weighted by Crippen LogP contribution is -2.28. The molecule has 0 bridgehead atoms. The second-order valence-corrected chi connectivity index (χ2v) is 5.84. The zero-order chi connectivity index (χ0) is 14.4. The summed E-state index contributed by atoms with van der Waals surface area (Å²) in [6.07, 6.45) is 6.20. The van der Waals surface area contributed by atoms with E-state index in [9.17, 15) is 0 Å². The smallest absolute Gasteiger partial charge is 0.122 e. The quantitative estimate of drug-likeness (QED) is 0.755. The Morgan fingerprint density at radius 2 is 1.90 bits per heavy atom. The lowest BCUT2D eigenvalue weighted by molar-refractivity contribution is 0.320. The van der Waals surface area contributed by atoms with Gasteiger partial charge >= 0.3 is 0 Å². The van der Waals surface area contributed by atoms with Crippen molar-refractivity contribution in [2.75, 3.05) is 13.2 Å². The highest BCUT2D eigenvalue weighted by Gasteiger charge is 2.23. The second kappa shape index (κ2) is 7.68. The summed E-state index contributed by atoms with van der Waals surface area (Å²) in [6.45, 7) is 8.67. The number of nitrogens with one attached hydrogen (secondary N) is 1. The Morgan fingerprint density at radius 1 is 1.15 bits per heavy atom. The molecule has 1 aliphatic heterocycles. The highest BCUT2D eigenvalue weighted by atomic mass is 16.5. The molecule has 0 saturated heterocycles. The Hall–Kier alpha value is -1.02. The van der Waals surface area contributed by atoms with Crippen molar-refractivity contribution >= 4 is 0 Å². The van der Waals surface area contributed by atoms with Gasteiger partial charge in [0.25, 0.3) is 0 Å². The van der Waals surface area contributed by atoms with E-state index in [1.807, 2.05) is 0 Å². The van der Waals surface area contributed by atoms with Crippen molar-refractivity contribution in [1.29, 1.82) is 0 Å². The molecule has 2 nitrogen and oxygen atoms in total. The summed E-state index contributed by atoms with van der Waals surface area (Å²) in [6, 6.07) is 7.28. The van der Waals surface area contributed by atoms with Crippen molar-refractivity contribution in [1.82, 2.24) is 5.32 Å². The Morgan fingerprint density at radius 3 is 2.55 bits per heavy atom. The first-order valence-electron chi connectivity index (χ1n) is 8.29. The Bertz CT molecular complexity index is 410. The lowest BCUT2D eigenvalue weighted by atomic mass is 9.85. The van der Waals surface area contributed by atoms with Gasteiger partial charge in [0.05, 0.1) is 6.61 Å². The summed E-state index contributed by atoms with van der Waals surface area (Å²) in [5, 5.41) is 3.72. The molecule has 2 rings (SSSR count). The summed E-state index contributed by atoms with van der Waals surface area (Å²) < 4.78 is 5.63. The summed E-state index contributed by atoms with van der Waals surface area (Å²) in [5.74, 6) is 1.83. The van der Waals surface area contributed by atoms with Crippen molar-refractivity contribution in [2.24, 2.45) is 5.92 Å². The van der Waals surface area contributed by atoms with Crippen LogP contribution in [0.5, 0.6) is 5.75 Å². The number of hydrogen-bond donors (Lipinski definition) is 1. The molecule has 20 heavy (non-hydrogen) atoms. The van der Waals surface area contributed by atoms with E-state index in [-0.39, 0.29) is 0 Å².